The van der Waals surface area contributed by atoms with Crippen LogP contribution in [0.15, 0.2) is 60.7 Å². The molecule has 1 heterocycles. The largest absolute Gasteiger partial charge is 0.343 e. The van der Waals surface area contributed by atoms with Gasteiger partial charge in [-0.1, -0.05) is 42.5 Å². The first-order valence-corrected chi connectivity index (χ1v) is 8.18. The second-order valence-corrected chi connectivity index (χ2v) is 5.68. The molecule has 1 amide bonds. The smallest absolute Gasteiger partial charge is 0.244 e. The van der Waals surface area contributed by atoms with E-state index in [9.17, 15) is 4.79 Å². The Bertz CT molecular complexity index is 865. The number of hydrogen-bond donors (Lipinski definition) is 1. The van der Waals surface area contributed by atoms with Gasteiger partial charge >= 0.3 is 0 Å². The maximum absolute atomic E-state index is 12.2. The van der Waals surface area contributed by atoms with Gasteiger partial charge in [0.1, 0.15) is 5.82 Å². The van der Waals surface area contributed by atoms with E-state index in [1.165, 1.54) is 0 Å². The fourth-order valence-corrected chi connectivity index (χ4v) is 2.82. The van der Waals surface area contributed by atoms with E-state index in [1.807, 2.05) is 61.5 Å². The quantitative estimate of drug-likeness (QED) is 0.724. The van der Waals surface area contributed by atoms with Gasteiger partial charge in [0.05, 0.1) is 17.1 Å². The van der Waals surface area contributed by atoms with Gasteiger partial charge in [0, 0.05) is 12.6 Å². The Morgan fingerprint density at radius 2 is 1.88 bits per heavy atom. The molecule has 0 saturated carbocycles. The van der Waals surface area contributed by atoms with E-state index in [-0.39, 0.29) is 11.9 Å². The lowest BCUT2D eigenvalue weighted by atomic mass is 10.2. The Morgan fingerprint density at radius 1 is 1.17 bits per heavy atom. The number of carbonyl (C=O) groups is 1. The average molecular weight is 319 g/mol. The van der Waals surface area contributed by atoms with Crippen LogP contribution in [-0.4, -0.2) is 15.5 Å². The number of nitrogens with one attached hydrogen (secondary N) is 1. The highest BCUT2D eigenvalue weighted by molar-refractivity contribution is 5.92. The van der Waals surface area contributed by atoms with Gasteiger partial charge < -0.3 is 9.88 Å². The lowest BCUT2D eigenvalue weighted by Crippen LogP contribution is -2.27. The summed E-state index contributed by atoms with van der Waals surface area (Å²) in [6.07, 6.45) is 3.37. The molecule has 2 aromatic carbocycles. The third-order valence-corrected chi connectivity index (χ3v) is 3.97. The second-order valence-electron chi connectivity index (χ2n) is 5.68. The number of hydrogen-bond acceptors (Lipinski definition) is 2. The third kappa shape index (κ3) is 3.38. The fraction of sp³-hybridized carbons (Fsp3) is 0.200. The van der Waals surface area contributed by atoms with Gasteiger partial charge in [0.25, 0.3) is 0 Å². The Labute approximate surface area is 141 Å². The van der Waals surface area contributed by atoms with Crippen LogP contribution < -0.4 is 5.32 Å². The van der Waals surface area contributed by atoms with Crippen LogP contribution in [0, 0.1) is 0 Å². The molecule has 1 atom stereocenters. The Kier molecular flexibility index (Phi) is 4.75. The van der Waals surface area contributed by atoms with Crippen molar-refractivity contribution in [3.8, 4) is 0 Å². The van der Waals surface area contributed by atoms with Crippen molar-refractivity contribution >= 4 is 23.0 Å². The van der Waals surface area contributed by atoms with Crippen molar-refractivity contribution in [3.05, 3.63) is 72.1 Å². The molecule has 0 radical (unpaired) electrons. The molecular formula is C20H21N3O. The van der Waals surface area contributed by atoms with Gasteiger partial charge in [-0.15, -0.1) is 0 Å². The molecule has 0 spiro atoms. The summed E-state index contributed by atoms with van der Waals surface area (Å²) >= 11 is 0. The Balaban J connectivity index is 1.76. The molecule has 0 aliphatic rings. The highest BCUT2D eigenvalue weighted by atomic mass is 16.1. The highest BCUT2D eigenvalue weighted by Gasteiger charge is 2.16. The number of aromatic nitrogens is 2. The predicted molar refractivity (Wildman–Crippen MR) is 97.4 cm³/mol. The number of rotatable bonds is 5. The molecule has 0 aliphatic heterocycles. The number of amides is 1. The first-order chi connectivity index (χ1) is 11.7. The maximum Gasteiger partial charge on any atom is 0.244 e. The number of nitrogens with zero attached hydrogens (tertiary/aromatic N) is 2. The van der Waals surface area contributed by atoms with Crippen molar-refractivity contribution in [2.24, 2.45) is 0 Å². The molecule has 4 nitrogen and oxygen atoms in total. The zero-order valence-electron chi connectivity index (χ0n) is 13.9. The molecule has 3 aromatic rings. The molecule has 0 fully saturated rings. The molecule has 4 heteroatoms. The van der Waals surface area contributed by atoms with E-state index in [1.54, 1.807) is 6.08 Å². The van der Waals surface area contributed by atoms with Crippen LogP contribution in [0.5, 0.6) is 0 Å². The van der Waals surface area contributed by atoms with E-state index in [4.69, 9.17) is 0 Å². The summed E-state index contributed by atoms with van der Waals surface area (Å²) in [4.78, 5) is 16.9. The van der Waals surface area contributed by atoms with E-state index >= 15 is 0 Å². The minimum absolute atomic E-state index is 0.124. The molecule has 1 unspecified atom stereocenters. The van der Waals surface area contributed by atoms with Crippen molar-refractivity contribution < 1.29 is 4.79 Å². The van der Waals surface area contributed by atoms with E-state index in [0.717, 1.165) is 29.0 Å². The molecule has 1 aromatic heterocycles. The number of para-hydroxylation sites is 2. The highest BCUT2D eigenvalue weighted by Crippen LogP contribution is 2.20. The van der Waals surface area contributed by atoms with Crippen molar-refractivity contribution in [2.75, 3.05) is 0 Å². The molecule has 3 rings (SSSR count). The molecule has 122 valence electrons. The third-order valence-electron chi connectivity index (χ3n) is 3.97. The second kappa shape index (κ2) is 7.13. The molecule has 0 bridgehead atoms. The van der Waals surface area contributed by atoms with Gasteiger partial charge in [-0.25, -0.2) is 4.98 Å². The number of benzene rings is 2. The van der Waals surface area contributed by atoms with E-state index < -0.39 is 0 Å². The van der Waals surface area contributed by atoms with Crippen molar-refractivity contribution in [1.82, 2.24) is 14.9 Å². The summed E-state index contributed by atoms with van der Waals surface area (Å²) in [5, 5.41) is 2.99. The van der Waals surface area contributed by atoms with Crippen LogP contribution in [0.4, 0.5) is 0 Å². The lowest BCUT2D eigenvalue weighted by Gasteiger charge is -2.14. The molecule has 0 aliphatic carbocycles. The molecular weight excluding hydrogens is 298 g/mol. The van der Waals surface area contributed by atoms with Crippen LogP contribution >= 0.6 is 0 Å². The fourth-order valence-electron chi connectivity index (χ4n) is 2.82. The summed E-state index contributed by atoms with van der Waals surface area (Å²) in [5.41, 5.74) is 3.05. The van der Waals surface area contributed by atoms with Crippen LogP contribution in [0.1, 0.15) is 31.3 Å². The summed E-state index contributed by atoms with van der Waals surface area (Å²) in [6.45, 7) is 4.86. The number of aryl methyl sites for hydroxylation is 1. The van der Waals surface area contributed by atoms with E-state index in [2.05, 4.69) is 27.9 Å². The van der Waals surface area contributed by atoms with Gasteiger partial charge in [0.2, 0.25) is 5.91 Å². The first kappa shape index (κ1) is 16.0. The van der Waals surface area contributed by atoms with Gasteiger partial charge in [-0.3, -0.25) is 4.79 Å². The van der Waals surface area contributed by atoms with Crippen LogP contribution in [0.25, 0.3) is 17.1 Å². The first-order valence-electron chi connectivity index (χ1n) is 8.18. The molecule has 1 N–H and O–H groups in total. The molecule has 0 saturated heterocycles. The minimum atomic E-state index is -0.162. The summed E-state index contributed by atoms with van der Waals surface area (Å²) in [7, 11) is 0. The normalized spacial score (nSPS) is 12.6. The summed E-state index contributed by atoms with van der Waals surface area (Å²) < 4.78 is 2.14. The number of imidazole rings is 1. The number of carbonyl (C=O) groups excluding carboxylic acids is 1. The average Bonchev–Trinajstić information content (AvgIpc) is 2.99. The van der Waals surface area contributed by atoms with Crippen LogP contribution in [-0.2, 0) is 11.3 Å². The lowest BCUT2D eigenvalue weighted by molar-refractivity contribution is -0.117. The molecule has 24 heavy (non-hydrogen) atoms. The summed E-state index contributed by atoms with van der Waals surface area (Å²) in [6, 6.07) is 17.6. The predicted octanol–water partition coefficient (Wildman–Crippen LogP) is 3.95. The van der Waals surface area contributed by atoms with Gasteiger partial charge in [-0.2, -0.15) is 0 Å². The Morgan fingerprint density at radius 3 is 2.62 bits per heavy atom. The zero-order chi connectivity index (χ0) is 16.9. The standard InChI is InChI=1S/C20H21N3O/c1-3-23-18-12-8-7-11-17(18)22-20(23)15(2)21-19(24)14-13-16-9-5-4-6-10-16/h4-15H,3H2,1-2H3,(H,21,24)/b14-13-. The van der Waals surface area contributed by atoms with Crippen molar-refractivity contribution in [2.45, 2.75) is 26.4 Å². The zero-order valence-corrected chi connectivity index (χ0v) is 13.9. The monoisotopic (exact) mass is 319 g/mol. The minimum Gasteiger partial charge on any atom is -0.343 e. The SMILES string of the molecule is CCn1c(C(C)NC(=O)/C=C\c2ccccc2)nc2ccccc21. The van der Waals surface area contributed by atoms with Crippen LogP contribution in [0.2, 0.25) is 0 Å². The van der Waals surface area contributed by atoms with Gasteiger partial charge in [-0.05, 0) is 37.6 Å². The topological polar surface area (TPSA) is 46.9 Å². The van der Waals surface area contributed by atoms with E-state index in [0.29, 0.717) is 0 Å². The Hall–Kier alpha value is -2.88. The van der Waals surface area contributed by atoms with Crippen molar-refractivity contribution in [3.63, 3.8) is 0 Å². The van der Waals surface area contributed by atoms with Crippen LogP contribution in [0.3, 0.4) is 0 Å². The summed E-state index contributed by atoms with van der Waals surface area (Å²) in [5.74, 6) is 0.751. The van der Waals surface area contributed by atoms with Gasteiger partial charge in [0.15, 0.2) is 0 Å². The number of fused-ring (bicyclic) bond motifs is 1. The van der Waals surface area contributed by atoms with Crippen molar-refractivity contribution in [1.29, 1.82) is 0 Å². The maximum atomic E-state index is 12.2.